The van der Waals surface area contributed by atoms with Crippen LogP contribution < -0.4 is 5.32 Å². The zero-order valence-electron chi connectivity index (χ0n) is 15.1. The molecule has 0 radical (unpaired) electrons. The molecule has 0 unspecified atom stereocenters. The van der Waals surface area contributed by atoms with Gasteiger partial charge < -0.3 is 14.8 Å². The summed E-state index contributed by atoms with van der Waals surface area (Å²) in [5.41, 5.74) is -0.103. The lowest BCUT2D eigenvalue weighted by Crippen LogP contribution is -2.32. The van der Waals surface area contributed by atoms with Gasteiger partial charge in [-0.25, -0.2) is 9.59 Å². The van der Waals surface area contributed by atoms with E-state index in [1.165, 1.54) is 0 Å². The zero-order valence-corrected chi connectivity index (χ0v) is 15.1. The summed E-state index contributed by atoms with van der Waals surface area (Å²) in [4.78, 5) is 35.1. The topological polar surface area (TPSA) is 81.7 Å². The highest BCUT2D eigenvalue weighted by atomic mass is 16.6. The van der Waals surface area contributed by atoms with Gasteiger partial charge in [0.15, 0.2) is 0 Å². The minimum Gasteiger partial charge on any atom is -0.456 e. The van der Waals surface area contributed by atoms with E-state index in [0.29, 0.717) is 5.56 Å². The van der Waals surface area contributed by atoms with Gasteiger partial charge in [-0.15, -0.1) is 0 Å². The van der Waals surface area contributed by atoms with Gasteiger partial charge in [0.05, 0.1) is 11.0 Å². The molecule has 1 rings (SSSR count). The molecular weight excluding hydrogens is 310 g/mol. The molecule has 132 valence electrons. The Morgan fingerprint density at radius 1 is 0.958 bits per heavy atom. The van der Waals surface area contributed by atoms with Gasteiger partial charge in [-0.05, 0) is 59.2 Å². The lowest BCUT2D eigenvalue weighted by atomic mass is 9.98. The van der Waals surface area contributed by atoms with E-state index < -0.39 is 29.0 Å². The van der Waals surface area contributed by atoms with Crippen molar-refractivity contribution >= 4 is 18.0 Å². The molecule has 0 saturated carbocycles. The predicted octanol–water partition coefficient (Wildman–Crippen LogP) is 3.44. The lowest BCUT2D eigenvalue weighted by Gasteiger charge is -2.19. The zero-order chi connectivity index (χ0) is 18.5. The van der Waals surface area contributed by atoms with E-state index in [1.807, 2.05) is 0 Å². The monoisotopic (exact) mass is 335 g/mol. The third kappa shape index (κ3) is 6.81. The Labute approximate surface area is 142 Å². The van der Waals surface area contributed by atoms with Crippen molar-refractivity contribution in [2.45, 2.75) is 53.7 Å². The summed E-state index contributed by atoms with van der Waals surface area (Å²) < 4.78 is 9.96. The smallest absolute Gasteiger partial charge is 0.415 e. The number of hydrogen-bond acceptors (Lipinski definition) is 5. The molecular formula is C18H25NO5. The van der Waals surface area contributed by atoms with E-state index in [-0.39, 0.29) is 6.54 Å². The van der Waals surface area contributed by atoms with Crippen molar-refractivity contribution in [1.82, 2.24) is 5.32 Å². The van der Waals surface area contributed by atoms with E-state index in [1.54, 1.807) is 65.8 Å². The molecule has 0 aliphatic heterocycles. The van der Waals surface area contributed by atoms with Crippen molar-refractivity contribution in [3.05, 3.63) is 35.4 Å². The fraction of sp³-hybridized carbons (Fsp3) is 0.500. The third-order valence-corrected chi connectivity index (χ3v) is 2.82. The molecule has 0 bridgehead atoms. The predicted molar refractivity (Wildman–Crippen MR) is 89.4 cm³/mol. The summed E-state index contributed by atoms with van der Waals surface area (Å²) in [5, 5.41) is 2.49. The Kier molecular flexibility index (Phi) is 6.12. The van der Waals surface area contributed by atoms with Gasteiger partial charge in [-0.1, -0.05) is 12.1 Å². The first-order valence-electron chi connectivity index (χ1n) is 7.71. The van der Waals surface area contributed by atoms with Gasteiger partial charge in [0.2, 0.25) is 0 Å². The normalized spacial score (nSPS) is 11.6. The van der Waals surface area contributed by atoms with Crippen LogP contribution in [0.2, 0.25) is 0 Å². The van der Waals surface area contributed by atoms with Gasteiger partial charge in [0, 0.05) is 6.54 Å². The Morgan fingerprint density at radius 3 is 1.96 bits per heavy atom. The van der Waals surface area contributed by atoms with Crippen molar-refractivity contribution < 1.29 is 23.9 Å². The maximum Gasteiger partial charge on any atom is 0.415 e. The standard InChI is InChI=1S/C18H25NO5/c1-17(2,3)15(21)23-16(22)19-11-12-7-9-13(10-8-12)14(20)24-18(4,5)6/h7-10H,11H2,1-6H3,(H,19,22). The van der Waals surface area contributed by atoms with Gasteiger partial charge in [0.25, 0.3) is 0 Å². The number of rotatable bonds is 3. The van der Waals surface area contributed by atoms with Crippen LogP contribution in [0.3, 0.4) is 0 Å². The molecule has 0 aliphatic rings. The molecule has 0 spiro atoms. The SMILES string of the molecule is CC(C)(C)OC(=O)c1ccc(CNC(=O)OC(=O)C(C)(C)C)cc1. The fourth-order valence-corrected chi connectivity index (χ4v) is 1.54. The van der Waals surface area contributed by atoms with Crippen LogP contribution in [0.5, 0.6) is 0 Å². The summed E-state index contributed by atoms with van der Waals surface area (Å²) in [6.45, 7) is 10.6. The maximum atomic E-state index is 11.9. The van der Waals surface area contributed by atoms with Crippen LogP contribution >= 0.6 is 0 Å². The highest BCUT2D eigenvalue weighted by Crippen LogP contribution is 2.15. The summed E-state index contributed by atoms with van der Waals surface area (Å²) in [6.07, 6.45) is -0.800. The first-order valence-corrected chi connectivity index (χ1v) is 7.71. The van der Waals surface area contributed by atoms with E-state index in [2.05, 4.69) is 5.32 Å². The Bertz CT molecular complexity index is 606. The number of ether oxygens (including phenoxy) is 2. The Balaban J connectivity index is 2.55. The highest BCUT2D eigenvalue weighted by Gasteiger charge is 2.25. The molecule has 1 amide bonds. The van der Waals surface area contributed by atoms with Crippen LogP contribution in [0, 0.1) is 5.41 Å². The molecule has 24 heavy (non-hydrogen) atoms. The molecule has 0 fully saturated rings. The lowest BCUT2D eigenvalue weighted by molar-refractivity contribution is -0.146. The van der Waals surface area contributed by atoms with E-state index >= 15 is 0 Å². The number of esters is 2. The number of hydrogen-bond donors (Lipinski definition) is 1. The first-order chi connectivity index (χ1) is 10.9. The highest BCUT2D eigenvalue weighted by molar-refractivity contribution is 5.89. The van der Waals surface area contributed by atoms with Crippen molar-refractivity contribution in [2.75, 3.05) is 0 Å². The van der Waals surface area contributed by atoms with Crippen molar-refractivity contribution in [2.24, 2.45) is 5.41 Å². The number of nitrogens with one attached hydrogen (secondary N) is 1. The molecule has 6 nitrogen and oxygen atoms in total. The minimum atomic E-state index is -0.800. The quantitative estimate of drug-likeness (QED) is 0.676. The van der Waals surface area contributed by atoms with Crippen molar-refractivity contribution in [3.8, 4) is 0 Å². The van der Waals surface area contributed by atoms with Crippen LogP contribution in [0.25, 0.3) is 0 Å². The number of alkyl carbamates (subject to hydrolysis) is 1. The molecule has 1 aromatic rings. The second kappa shape index (κ2) is 7.47. The van der Waals surface area contributed by atoms with Crippen molar-refractivity contribution in [1.29, 1.82) is 0 Å². The molecule has 6 heteroatoms. The molecule has 0 saturated heterocycles. The van der Waals surface area contributed by atoms with Crippen molar-refractivity contribution in [3.63, 3.8) is 0 Å². The molecule has 0 atom stereocenters. The van der Waals surface area contributed by atoms with Gasteiger partial charge in [-0.2, -0.15) is 0 Å². The molecule has 0 aromatic heterocycles. The second-order valence-electron chi connectivity index (χ2n) is 7.48. The summed E-state index contributed by atoms with van der Waals surface area (Å²) in [6, 6.07) is 6.64. The van der Waals surface area contributed by atoms with E-state index in [9.17, 15) is 14.4 Å². The van der Waals surface area contributed by atoms with E-state index in [4.69, 9.17) is 9.47 Å². The third-order valence-electron chi connectivity index (χ3n) is 2.82. The summed E-state index contributed by atoms with van der Waals surface area (Å²) in [7, 11) is 0. The number of amides is 1. The van der Waals surface area contributed by atoms with Gasteiger partial charge in [0.1, 0.15) is 5.60 Å². The van der Waals surface area contributed by atoms with E-state index in [0.717, 1.165) is 5.56 Å². The molecule has 1 N–H and O–H groups in total. The molecule has 1 aromatic carbocycles. The van der Waals surface area contributed by atoms with Crippen LogP contribution in [0.1, 0.15) is 57.5 Å². The Morgan fingerprint density at radius 2 is 1.50 bits per heavy atom. The minimum absolute atomic E-state index is 0.185. The maximum absolute atomic E-state index is 11.9. The largest absolute Gasteiger partial charge is 0.456 e. The average molecular weight is 335 g/mol. The number of benzene rings is 1. The molecule has 0 aliphatic carbocycles. The fourth-order valence-electron chi connectivity index (χ4n) is 1.54. The van der Waals surface area contributed by atoms with Gasteiger partial charge >= 0.3 is 18.0 Å². The van der Waals surface area contributed by atoms with Crippen LogP contribution in [0.4, 0.5) is 4.79 Å². The first kappa shape index (κ1) is 19.7. The molecule has 0 heterocycles. The van der Waals surface area contributed by atoms with Crippen LogP contribution in [-0.2, 0) is 20.8 Å². The number of carbonyl (C=O) groups excluding carboxylic acids is 3. The average Bonchev–Trinajstić information content (AvgIpc) is 2.42. The Hall–Kier alpha value is -2.37. The number of carbonyl (C=O) groups is 3. The second-order valence-corrected chi connectivity index (χ2v) is 7.48. The summed E-state index contributed by atoms with van der Waals surface area (Å²) in [5.74, 6) is -1.00. The van der Waals surface area contributed by atoms with Crippen LogP contribution in [-0.4, -0.2) is 23.6 Å². The summed E-state index contributed by atoms with van der Waals surface area (Å²) >= 11 is 0. The van der Waals surface area contributed by atoms with Gasteiger partial charge in [-0.3, -0.25) is 4.79 Å². The van der Waals surface area contributed by atoms with Crippen LogP contribution in [0.15, 0.2) is 24.3 Å².